The summed E-state index contributed by atoms with van der Waals surface area (Å²) in [5.74, 6) is 1.77. The number of ether oxygens (including phenoxy) is 2. The number of nitrogens with one attached hydrogen (secondary N) is 1. The second kappa shape index (κ2) is 12.9. The van der Waals surface area contributed by atoms with Crippen molar-refractivity contribution in [1.29, 1.82) is 0 Å². The summed E-state index contributed by atoms with van der Waals surface area (Å²) in [7, 11) is -2.04. The largest absolute Gasteiger partial charge is 0.493 e. The standard InChI is InChI=1S/C30H26ClFN3O5P/c1-37-28-19-27-24(30(34-20-33-27)35-21-13-14-26(32)25(31)17-21)18-29(28)38-15-8-16-41(36,39-22-9-4-2-5-10-22)40-23-11-6-3-7-12-23/h2-7,9-14,17-20H,8,15-16H2,1H3,(H,33,34,35). The number of para-hydroxylation sites is 2. The smallest absolute Gasteiger partial charge is 0.430 e. The minimum Gasteiger partial charge on any atom is -0.493 e. The summed E-state index contributed by atoms with van der Waals surface area (Å²) < 4.78 is 50.6. The van der Waals surface area contributed by atoms with Crippen LogP contribution in [0, 0.1) is 5.82 Å². The number of anilines is 2. The van der Waals surface area contributed by atoms with Gasteiger partial charge in [0.25, 0.3) is 0 Å². The molecule has 0 aliphatic heterocycles. The van der Waals surface area contributed by atoms with Crippen LogP contribution in [0.2, 0.25) is 5.02 Å². The molecule has 0 spiro atoms. The van der Waals surface area contributed by atoms with Crippen molar-refractivity contribution in [2.45, 2.75) is 6.42 Å². The second-order valence-electron chi connectivity index (χ2n) is 8.84. The van der Waals surface area contributed by atoms with Gasteiger partial charge in [0.05, 0.1) is 30.4 Å². The molecule has 0 radical (unpaired) electrons. The summed E-state index contributed by atoms with van der Waals surface area (Å²) in [5.41, 5.74) is 1.17. The van der Waals surface area contributed by atoms with Crippen LogP contribution < -0.4 is 23.8 Å². The third-order valence-corrected chi connectivity index (χ3v) is 8.04. The van der Waals surface area contributed by atoms with Crippen molar-refractivity contribution < 1.29 is 27.5 Å². The molecule has 11 heteroatoms. The van der Waals surface area contributed by atoms with E-state index in [0.29, 0.717) is 51.8 Å². The van der Waals surface area contributed by atoms with Crippen LogP contribution >= 0.6 is 19.2 Å². The van der Waals surface area contributed by atoms with Gasteiger partial charge in [0.2, 0.25) is 0 Å². The third kappa shape index (κ3) is 7.25. The lowest BCUT2D eigenvalue weighted by atomic mass is 10.2. The number of fused-ring (bicyclic) bond motifs is 1. The molecular weight excluding hydrogens is 568 g/mol. The average molecular weight is 594 g/mol. The van der Waals surface area contributed by atoms with Crippen molar-refractivity contribution in [1.82, 2.24) is 9.97 Å². The van der Waals surface area contributed by atoms with Crippen LogP contribution in [0.25, 0.3) is 10.9 Å². The first-order valence-electron chi connectivity index (χ1n) is 12.7. The molecule has 41 heavy (non-hydrogen) atoms. The van der Waals surface area contributed by atoms with E-state index in [-0.39, 0.29) is 17.8 Å². The molecule has 5 aromatic rings. The molecule has 0 atom stereocenters. The van der Waals surface area contributed by atoms with Gasteiger partial charge < -0.3 is 23.8 Å². The molecule has 4 aromatic carbocycles. The maximum atomic E-state index is 13.7. The molecule has 0 fully saturated rings. The van der Waals surface area contributed by atoms with Crippen LogP contribution in [-0.2, 0) is 4.57 Å². The van der Waals surface area contributed by atoms with Crippen molar-refractivity contribution in [2.24, 2.45) is 0 Å². The summed E-state index contributed by atoms with van der Waals surface area (Å²) in [6.45, 7) is 0.201. The topological polar surface area (TPSA) is 91.8 Å². The van der Waals surface area contributed by atoms with Crippen LogP contribution in [-0.4, -0.2) is 29.8 Å². The zero-order valence-electron chi connectivity index (χ0n) is 22.0. The Kier molecular flexibility index (Phi) is 8.87. The number of rotatable bonds is 12. The molecule has 1 heterocycles. The molecule has 1 aromatic heterocycles. The Morgan fingerprint density at radius 3 is 2.20 bits per heavy atom. The molecule has 0 aliphatic carbocycles. The first-order valence-corrected chi connectivity index (χ1v) is 14.8. The molecule has 0 unspecified atom stereocenters. The quantitative estimate of drug-likeness (QED) is 0.114. The van der Waals surface area contributed by atoms with E-state index in [4.69, 9.17) is 30.1 Å². The number of aromatic nitrogens is 2. The highest BCUT2D eigenvalue weighted by atomic mass is 35.5. The maximum Gasteiger partial charge on any atom is 0.430 e. The molecular formula is C30H26ClFN3O5P. The molecule has 1 N–H and O–H groups in total. The van der Waals surface area contributed by atoms with Gasteiger partial charge in [-0.2, -0.15) is 0 Å². The highest BCUT2D eigenvalue weighted by Crippen LogP contribution is 2.49. The van der Waals surface area contributed by atoms with Crippen molar-refractivity contribution in [3.8, 4) is 23.0 Å². The van der Waals surface area contributed by atoms with Gasteiger partial charge in [0, 0.05) is 17.1 Å². The SMILES string of the molecule is COc1cc2ncnc(Nc3ccc(F)c(Cl)c3)c2cc1OCCCP(=O)(Oc1ccccc1)Oc1ccccc1. The lowest BCUT2D eigenvalue weighted by Gasteiger charge is -2.20. The van der Waals surface area contributed by atoms with E-state index in [0.717, 1.165) is 0 Å². The number of hydrogen-bond acceptors (Lipinski definition) is 8. The van der Waals surface area contributed by atoms with E-state index in [1.54, 1.807) is 66.7 Å². The van der Waals surface area contributed by atoms with Gasteiger partial charge in [-0.1, -0.05) is 48.0 Å². The van der Waals surface area contributed by atoms with Crippen molar-refractivity contribution in [3.05, 3.63) is 108 Å². The van der Waals surface area contributed by atoms with Crippen LogP contribution in [0.5, 0.6) is 23.0 Å². The lowest BCUT2D eigenvalue weighted by molar-refractivity contribution is 0.291. The minimum absolute atomic E-state index is 0.0103. The highest BCUT2D eigenvalue weighted by Gasteiger charge is 2.28. The molecule has 5 rings (SSSR count). The van der Waals surface area contributed by atoms with Crippen molar-refractivity contribution in [3.63, 3.8) is 0 Å². The first kappa shape index (κ1) is 28.2. The zero-order valence-corrected chi connectivity index (χ0v) is 23.6. The summed E-state index contributed by atoms with van der Waals surface area (Å²) in [5, 5.41) is 3.78. The monoisotopic (exact) mass is 593 g/mol. The van der Waals surface area contributed by atoms with Crippen LogP contribution in [0.1, 0.15) is 6.42 Å². The fourth-order valence-corrected chi connectivity index (χ4v) is 5.78. The van der Waals surface area contributed by atoms with E-state index >= 15 is 0 Å². The minimum atomic E-state index is -3.58. The van der Waals surface area contributed by atoms with Gasteiger partial charge in [-0.25, -0.2) is 18.9 Å². The van der Waals surface area contributed by atoms with E-state index in [2.05, 4.69) is 15.3 Å². The van der Waals surface area contributed by atoms with E-state index in [1.807, 2.05) is 12.1 Å². The lowest BCUT2D eigenvalue weighted by Crippen LogP contribution is -2.09. The van der Waals surface area contributed by atoms with Crippen LogP contribution in [0.15, 0.2) is 97.3 Å². The van der Waals surface area contributed by atoms with E-state index in [9.17, 15) is 8.96 Å². The molecule has 0 saturated heterocycles. The van der Waals surface area contributed by atoms with Gasteiger partial charge in [0.1, 0.15) is 29.5 Å². The van der Waals surface area contributed by atoms with Crippen molar-refractivity contribution in [2.75, 3.05) is 25.2 Å². The number of nitrogens with zero attached hydrogens (tertiary/aromatic N) is 2. The van der Waals surface area contributed by atoms with E-state index in [1.165, 1.54) is 25.6 Å². The molecule has 0 saturated carbocycles. The zero-order chi connectivity index (χ0) is 28.7. The molecule has 0 bridgehead atoms. The Morgan fingerprint density at radius 2 is 1.56 bits per heavy atom. The number of methoxy groups -OCH3 is 1. The van der Waals surface area contributed by atoms with Gasteiger partial charge >= 0.3 is 7.60 Å². The van der Waals surface area contributed by atoms with E-state index < -0.39 is 13.4 Å². The first-order chi connectivity index (χ1) is 19.9. The van der Waals surface area contributed by atoms with Crippen LogP contribution in [0.4, 0.5) is 15.9 Å². The Morgan fingerprint density at radius 1 is 0.878 bits per heavy atom. The van der Waals surface area contributed by atoms with Gasteiger partial charge in [-0.3, -0.25) is 0 Å². The maximum absolute atomic E-state index is 13.7. The normalized spacial score (nSPS) is 11.2. The fourth-order valence-electron chi connectivity index (χ4n) is 3.98. The average Bonchev–Trinajstić information content (AvgIpc) is 2.98. The predicted molar refractivity (Wildman–Crippen MR) is 158 cm³/mol. The Hall–Kier alpha value is -4.33. The number of halogens is 2. The van der Waals surface area contributed by atoms with Crippen LogP contribution in [0.3, 0.4) is 0 Å². The Balaban J connectivity index is 1.32. The summed E-state index contributed by atoms with van der Waals surface area (Å²) in [6, 6.07) is 25.6. The van der Waals surface area contributed by atoms with Gasteiger partial charge in [-0.15, -0.1) is 0 Å². The van der Waals surface area contributed by atoms with Crippen molar-refractivity contribution >= 4 is 41.6 Å². The highest BCUT2D eigenvalue weighted by molar-refractivity contribution is 7.54. The van der Waals surface area contributed by atoms with Gasteiger partial charge in [0.15, 0.2) is 11.5 Å². The summed E-state index contributed by atoms with van der Waals surface area (Å²) in [4.78, 5) is 8.66. The van der Waals surface area contributed by atoms with Gasteiger partial charge in [-0.05, 0) is 55.0 Å². The molecule has 0 aliphatic rings. The fraction of sp³-hybridized carbons (Fsp3) is 0.133. The third-order valence-electron chi connectivity index (χ3n) is 5.91. The second-order valence-corrected chi connectivity index (χ2v) is 11.3. The Bertz CT molecular complexity index is 1630. The number of benzene rings is 4. The Labute approximate surface area is 241 Å². The summed E-state index contributed by atoms with van der Waals surface area (Å²) in [6.07, 6.45) is 1.88. The molecule has 210 valence electrons. The summed E-state index contributed by atoms with van der Waals surface area (Å²) >= 11 is 5.93. The molecule has 0 amide bonds. The predicted octanol–water partition coefficient (Wildman–Crippen LogP) is 8.29. The number of hydrogen-bond donors (Lipinski definition) is 1. The molecule has 8 nitrogen and oxygen atoms in total.